The maximum Gasteiger partial charge on any atom is 0.339 e. The Balaban J connectivity index is 2.82. The van der Waals surface area contributed by atoms with Crippen molar-refractivity contribution in [1.82, 2.24) is 0 Å². The molecule has 0 N–H and O–H groups in total. The van der Waals surface area contributed by atoms with Crippen molar-refractivity contribution in [2.45, 2.75) is 12.5 Å². The first-order chi connectivity index (χ1) is 8.69. The number of cyclic esters (lactones) is 1. The fraction of sp³-hybridized carbons (Fsp3) is 0.417. The van der Waals surface area contributed by atoms with E-state index in [1.54, 1.807) is 0 Å². The number of benzene rings is 1. The minimum absolute atomic E-state index is 0.126. The van der Waals surface area contributed by atoms with Crippen LogP contribution in [0, 0.1) is 0 Å². The van der Waals surface area contributed by atoms with Gasteiger partial charge in [0.05, 0.1) is 38.3 Å². The Hall–Kier alpha value is -1.62. The Morgan fingerprint density at radius 2 is 1.72 bits per heavy atom. The number of methoxy groups -OCH3 is 3. The van der Waals surface area contributed by atoms with E-state index in [0.29, 0.717) is 33.9 Å². The summed E-state index contributed by atoms with van der Waals surface area (Å²) in [6, 6.07) is 0. The summed E-state index contributed by atoms with van der Waals surface area (Å²) >= 11 is 5.90. The second-order valence-electron chi connectivity index (χ2n) is 3.64. The first kappa shape index (κ1) is 12.8. The lowest BCUT2D eigenvalue weighted by atomic mass is 10.0. The quantitative estimate of drug-likeness (QED) is 0.621. The van der Waals surface area contributed by atoms with Crippen LogP contribution in [0.25, 0.3) is 0 Å². The SMILES string of the molecule is COc1c(CCl)c2c(c(OC)c1OC)COC2=O. The number of halogens is 1. The van der Waals surface area contributed by atoms with Crippen molar-refractivity contribution in [1.29, 1.82) is 0 Å². The molecule has 0 aromatic heterocycles. The van der Waals surface area contributed by atoms with Gasteiger partial charge in [-0.3, -0.25) is 0 Å². The van der Waals surface area contributed by atoms with Gasteiger partial charge >= 0.3 is 5.97 Å². The summed E-state index contributed by atoms with van der Waals surface area (Å²) < 4.78 is 20.9. The third-order valence-electron chi connectivity index (χ3n) is 2.86. The molecule has 98 valence electrons. The number of ether oxygens (including phenoxy) is 4. The summed E-state index contributed by atoms with van der Waals surface area (Å²) in [5, 5.41) is 0. The van der Waals surface area contributed by atoms with Gasteiger partial charge in [0, 0.05) is 5.56 Å². The number of hydrogen-bond donors (Lipinski definition) is 0. The Labute approximate surface area is 110 Å². The van der Waals surface area contributed by atoms with E-state index in [4.69, 9.17) is 30.5 Å². The minimum Gasteiger partial charge on any atom is -0.492 e. The molecule has 0 saturated heterocycles. The van der Waals surface area contributed by atoms with Crippen LogP contribution in [0.4, 0.5) is 0 Å². The van der Waals surface area contributed by atoms with Crippen LogP contribution in [-0.4, -0.2) is 27.3 Å². The lowest BCUT2D eigenvalue weighted by Crippen LogP contribution is -2.06. The molecule has 0 saturated carbocycles. The highest BCUT2D eigenvalue weighted by atomic mass is 35.5. The normalized spacial score (nSPS) is 13.0. The van der Waals surface area contributed by atoms with Gasteiger partial charge in [-0.25, -0.2) is 4.79 Å². The zero-order chi connectivity index (χ0) is 13.3. The molecule has 1 aromatic carbocycles. The number of alkyl halides is 1. The third-order valence-corrected chi connectivity index (χ3v) is 3.13. The topological polar surface area (TPSA) is 54.0 Å². The molecule has 1 aliphatic rings. The van der Waals surface area contributed by atoms with Gasteiger partial charge in [0.25, 0.3) is 0 Å². The second kappa shape index (κ2) is 4.94. The number of esters is 1. The minimum atomic E-state index is -0.417. The lowest BCUT2D eigenvalue weighted by Gasteiger charge is -2.17. The van der Waals surface area contributed by atoms with Gasteiger partial charge in [-0.1, -0.05) is 0 Å². The predicted octanol–water partition coefficient (Wildman–Crippen LogP) is 2.12. The predicted molar refractivity (Wildman–Crippen MR) is 64.8 cm³/mol. The first-order valence-corrected chi connectivity index (χ1v) is 5.79. The van der Waals surface area contributed by atoms with E-state index < -0.39 is 5.97 Å². The molecule has 0 unspecified atom stereocenters. The number of carbonyl (C=O) groups is 1. The van der Waals surface area contributed by atoms with E-state index in [2.05, 4.69) is 0 Å². The second-order valence-corrected chi connectivity index (χ2v) is 3.91. The van der Waals surface area contributed by atoms with Crippen LogP contribution in [0.2, 0.25) is 0 Å². The number of hydrogen-bond acceptors (Lipinski definition) is 5. The first-order valence-electron chi connectivity index (χ1n) is 5.26. The highest BCUT2D eigenvalue weighted by Crippen LogP contribution is 2.48. The maximum atomic E-state index is 11.7. The van der Waals surface area contributed by atoms with Crippen LogP contribution < -0.4 is 14.2 Å². The fourth-order valence-corrected chi connectivity index (χ4v) is 2.38. The number of fused-ring (bicyclic) bond motifs is 1. The summed E-state index contributed by atoms with van der Waals surface area (Å²) in [4.78, 5) is 11.7. The molecule has 0 amide bonds. The summed E-state index contributed by atoms with van der Waals surface area (Å²) in [5.74, 6) is 0.986. The molecule has 0 spiro atoms. The smallest absolute Gasteiger partial charge is 0.339 e. The van der Waals surface area contributed by atoms with Gasteiger partial charge in [-0.15, -0.1) is 11.6 Å². The molecular weight excluding hydrogens is 260 g/mol. The van der Waals surface area contributed by atoms with Crippen molar-refractivity contribution < 1.29 is 23.7 Å². The van der Waals surface area contributed by atoms with Crippen molar-refractivity contribution in [3.8, 4) is 17.2 Å². The molecule has 0 radical (unpaired) electrons. The average Bonchev–Trinajstić information content (AvgIpc) is 2.77. The number of rotatable bonds is 4. The molecule has 2 rings (SSSR count). The Morgan fingerprint density at radius 1 is 1.11 bits per heavy atom. The van der Waals surface area contributed by atoms with Crippen LogP contribution in [0.15, 0.2) is 0 Å². The van der Waals surface area contributed by atoms with Gasteiger partial charge in [0.1, 0.15) is 6.61 Å². The fourth-order valence-electron chi connectivity index (χ4n) is 2.13. The molecule has 5 nitrogen and oxygen atoms in total. The van der Waals surface area contributed by atoms with Crippen LogP contribution >= 0.6 is 11.6 Å². The molecule has 1 aliphatic heterocycles. The summed E-state index contributed by atoms with van der Waals surface area (Å²) in [7, 11) is 4.49. The Kier molecular flexibility index (Phi) is 3.52. The Morgan fingerprint density at radius 3 is 2.22 bits per heavy atom. The van der Waals surface area contributed by atoms with E-state index in [1.807, 2.05) is 0 Å². The average molecular weight is 273 g/mol. The van der Waals surface area contributed by atoms with Gasteiger partial charge in [0.15, 0.2) is 11.5 Å². The molecule has 0 atom stereocenters. The van der Waals surface area contributed by atoms with Crippen molar-refractivity contribution in [3.05, 3.63) is 16.7 Å². The summed E-state index contributed by atoms with van der Waals surface area (Å²) in [5.41, 5.74) is 1.63. The van der Waals surface area contributed by atoms with Crippen LogP contribution in [-0.2, 0) is 17.2 Å². The van der Waals surface area contributed by atoms with E-state index in [1.165, 1.54) is 21.3 Å². The molecular formula is C12H13ClO5. The van der Waals surface area contributed by atoms with Crippen molar-refractivity contribution in [2.24, 2.45) is 0 Å². The van der Waals surface area contributed by atoms with E-state index >= 15 is 0 Å². The number of carbonyl (C=O) groups excluding carboxylic acids is 1. The highest BCUT2D eigenvalue weighted by molar-refractivity contribution is 6.18. The highest BCUT2D eigenvalue weighted by Gasteiger charge is 2.34. The zero-order valence-corrected chi connectivity index (χ0v) is 11.1. The molecule has 6 heteroatoms. The molecule has 1 aromatic rings. The van der Waals surface area contributed by atoms with Gasteiger partial charge in [-0.05, 0) is 0 Å². The van der Waals surface area contributed by atoms with E-state index in [-0.39, 0.29) is 12.5 Å². The van der Waals surface area contributed by atoms with Crippen molar-refractivity contribution >= 4 is 17.6 Å². The molecule has 1 heterocycles. The molecule has 0 bridgehead atoms. The summed E-state index contributed by atoms with van der Waals surface area (Å²) in [6.45, 7) is 0.154. The Bertz CT molecular complexity index is 498. The molecule has 18 heavy (non-hydrogen) atoms. The maximum absolute atomic E-state index is 11.7. The van der Waals surface area contributed by atoms with Gasteiger partial charge < -0.3 is 18.9 Å². The van der Waals surface area contributed by atoms with E-state index in [9.17, 15) is 4.79 Å². The molecule has 0 aliphatic carbocycles. The van der Waals surface area contributed by atoms with E-state index in [0.717, 1.165) is 0 Å². The van der Waals surface area contributed by atoms with Gasteiger partial charge in [-0.2, -0.15) is 0 Å². The standard InChI is InChI=1S/C12H13ClO5/c1-15-9-6(4-13)8-7(5-18-12(8)14)10(16-2)11(9)17-3/h4-5H2,1-3H3. The van der Waals surface area contributed by atoms with Crippen LogP contribution in [0.1, 0.15) is 21.5 Å². The third kappa shape index (κ3) is 1.66. The van der Waals surface area contributed by atoms with Gasteiger partial charge in [0.2, 0.25) is 5.75 Å². The van der Waals surface area contributed by atoms with Crippen LogP contribution in [0.5, 0.6) is 17.2 Å². The monoisotopic (exact) mass is 272 g/mol. The summed E-state index contributed by atoms with van der Waals surface area (Å²) in [6.07, 6.45) is 0. The lowest BCUT2D eigenvalue weighted by molar-refractivity contribution is 0.0533. The zero-order valence-electron chi connectivity index (χ0n) is 10.3. The van der Waals surface area contributed by atoms with Crippen molar-refractivity contribution in [2.75, 3.05) is 21.3 Å². The van der Waals surface area contributed by atoms with Crippen LogP contribution in [0.3, 0.4) is 0 Å². The molecule has 0 fully saturated rings. The largest absolute Gasteiger partial charge is 0.492 e. The van der Waals surface area contributed by atoms with Crippen molar-refractivity contribution in [3.63, 3.8) is 0 Å².